The first-order valence-electron chi connectivity index (χ1n) is 7.32. The van der Waals surface area contributed by atoms with E-state index in [1.165, 1.54) is 30.9 Å². The number of nitrogens with zero attached hydrogens (tertiary/aromatic N) is 4. The van der Waals surface area contributed by atoms with E-state index in [1.54, 1.807) is 12.1 Å². The maximum Gasteiger partial charge on any atom is 0.242 e. The molecular weight excluding hydrogens is 360 g/mol. The van der Waals surface area contributed by atoms with Crippen LogP contribution in [0.5, 0.6) is 0 Å². The van der Waals surface area contributed by atoms with E-state index >= 15 is 0 Å². The Morgan fingerprint density at radius 2 is 1.88 bits per heavy atom. The predicted octanol–water partition coefficient (Wildman–Crippen LogP) is 1.31. The van der Waals surface area contributed by atoms with Crippen molar-refractivity contribution in [2.24, 2.45) is 10.7 Å². The molecule has 3 N–H and O–H groups in total. The zero-order valence-electron chi connectivity index (χ0n) is 14.4. The highest BCUT2D eigenvalue weighted by atomic mass is 32.2. The molecule has 0 amide bonds. The molecule has 0 aliphatic heterocycles. The molecule has 0 atom stereocenters. The number of anilines is 1. The van der Waals surface area contributed by atoms with E-state index in [0.717, 1.165) is 15.7 Å². The van der Waals surface area contributed by atoms with Crippen LogP contribution in [0.3, 0.4) is 0 Å². The molecule has 0 spiro atoms. The minimum atomic E-state index is -3.47. The Morgan fingerprint density at radius 1 is 1.28 bits per heavy atom. The van der Waals surface area contributed by atoms with Crippen LogP contribution >= 0.6 is 12.2 Å². The molecule has 1 heterocycles. The second kappa shape index (κ2) is 7.30. The van der Waals surface area contributed by atoms with Crippen molar-refractivity contribution in [1.82, 2.24) is 14.1 Å². The van der Waals surface area contributed by atoms with Crippen molar-refractivity contribution in [1.29, 1.82) is 0 Å². The molecule has 0 saturated heterocycles. The molecule has 0 fully saturated rings. The zero-order chi connectivity index (χ0) is 18.8. The van der Waals surface area contributed by atoms with Gasteiger partial charge in [0.05, 0.1) is 10.6 Å². The Bertz CT molecular complexity index is 914. The van der Waals surface area contributed by atoms with E-state index in [4.69, 9.17) is 18.0 Å². The summed E-state index contributed by atoms with van der Waals surface area (Å²) in [5.41, 5.74) is 8.19. The number of hydrogen-bond acceptors (Lipinski definition) is 4. The number of benzene rings is 1. The van der Waals surface area contributed by atoms with Crippen molar-refractivity contribution < 1.29 is 8.42 Å². The average Bonchev–Trinajstić information content (AvgIpc) is 2.86. The summed E-state index contributed by atoms with van der Waals surface area (Å²) in [6.45, 7) is 3.72. The smallest absolute Gasteiger partial charge is 0.242 e. The number of nitrogens with two attached hydrogens (primary N) is 1. The third kappa shape index (κ3) is 4.41. The van der Waals surface area contributed by atoms with Crippen molar-refractivity contribution in [3.8, 4) is 0 Å². The number of aliphatic imine (C=N–C) groups is 1. The first-order valence-corrected chi connectivity index (χ1v) is 9.17. The van der Waals surface area contributed by atoms with Gasteiger partial charge in [0.1, 0.15) is 0 Å². The lowest BCUT2D eigenvalue weighted by Gasteiger charge is -2.12. The summed E-state index contributed by atoms with van der Waals surface area (Å²) in [5, 5.41) is 7.27. The van der Waals surface area contributed by atoms with E-state index in [2.05, 4.69) is 15.4 Å². The highest BCUT2D eigenvalue weighted by Gasteiger charge is 2.16. The SMILES string of the molecule is Cc1cc(C)n(C(N)=NC(=S)Nc2ccc(S(=O)(=O)N(C)C)cc2)n1. The minimum Gasteiger partial charge on any atom is -0.368 e. The first kappa shape index (κ1) is 19.0. The Kier molecular flexibility index (Phi) is 5.55. The Balaban J connectivity index is 2.13. The number of sulfonamides is 1. The van der Waals surface area contributed by atoms with Gasteiger partial charge < -0.3 is 11.1 Å². The van der Waals surface area contributed by atoms with Gasteiger partial charge in [-0.25, -0.2) is 17.4 Å². The molecule has 0 saturated carbocycles. The molecule has 10 heteroatoms. The molecule has 0 radical (unpaired) electrons. The molecule has 2 rings (SSSR count). The number of aryl methyl sites for hydroxylation is 2. The molecule has 8 nitrogen and oxygen atoms in total. The second-order valence-corrected chi connectivity index (χ2v) is 8.09. The monoisotopic (exact) mass is 380 g/mol. The van der Waals surface area contributed by atoms with E-state index in [0.29, 0.717) is 5.69 Å². The van der Waals surface area contributed by atoms with Crippen LogP contribution in [0.15, 0.2) is 40.2 Å². The molecule has 0 bridgehead atoms. The van der Waals surface area contributed by atoms with Crippen LogP contribution in [-0.2, 0) is 10.0 Å². The highest BCUT2D eigenvalue weighted by molar-refractivity contribution is 7.89. The van der Waals surface area contributed by atoms with Gasteiger partial charge in [-0.15, -0.1) is 0 Å². The molecule has 1 aromatic carbocycles. The maximum atomic E-state index is 12.0. The van der Waals surface area contributed by atoms with Crippen molar-refractivity contribution in [2.75, 3.05) is 19.4 Å². The predicted molar refractivity (Wildman–Crippen MR) is 102 cm³/mol. The topological polar surface area (TPSA) is 106 Å². The number of nitrogens with one attached hydrogen (secondary N) is 1. The van der Waals surface area contributed by atoms with Gasteiger partial charge in [0.15, 0.2) is 0 Å². The van der Waals surface area contributed by atoms with Crippen LogP contribution in [0.2, 0.25) is 0 Å². The second-order valence-electron chi connectivity index (χ2n) is 5.55. The third-order valence-electron chi connectivity index (χ3n) is 3.33. The molecule has 25 heavy (non-hydrogen) atoms. The van der Waals surface area contributed by atoms with E-state index in [-0.39, 0.29) is 16.0 Å². The Labute approximate surface area is 152 Å². The average molecular weight is 380 g/mol. The lowest BCUT2D eigenvalue weighted by Crippen LogP contribution is -2.27. The molecule has 0 aliphatic carbocycles. The summed E-state index contributed by atoms with van der Waals surface area (Å²) in [7, 11) is -0.508. The van der Waals surface area contributed by atoms with Gasteiger partial charge in [-0.3, -0.25) is 0 Å². The zero-order valence-corrected chi connectivity index (χ0v) is 16.0. The van der Waals surface area contributed by atoms with Crippen LogP contribution in [-0.4, -0.2) is 47.7 Å². The van der Waals surface area contributed by atoms with Gasteiger partial charge in [0.25, 0.3) is 0 Å². The highest BCUT2D eigenvalue weighted by Crippen LogP contribution is 2.16. The van der Waals surface area contributed by atoms with Gasteiger partial charge in [-0.2, -0.15) is 10.1 Å². The number of aromatic nitrogens is 2. The number of thiocarbonyl (C=S) groups is 1. The Morgan fingerprint density at radius 3 is 2.36 bits per heavy atom. The summed E-state index contributed by atoms with van der Waals surface area (Å²) in [6.07, 6.45) is 0. The minimum absolute atomic E-state index is 0.147. The fraction of sp³-hybridized carbons (Fsp3) is 0.267. The van der Waals surface area contributed by atoms with Crippen LogP contribution in [0.4, 0.5) is 5.69 Å². The quantitative estimate of drug-likeness (QED) is 0.472. The summed E-state index contributed by atoms with van der Waals surface area (Å²) in [4.78, 5) is 4.30. The fourth-order valence-corrected chi connectivity index (χ4v) is 3.20. The molecule has 2 aromatic rings. The number of rotatable bonds is 3. The van der Waals surface area contributed by atoms with Crippen molar-refractivity contribution in [3.05, 3.63) is 41.7 Å². The summed E-state index contributed by atoms with van der Waals surface area (Å²) < 4.78 is 26.7. The van der Waals surface area contributed by atoms with Gasteiger partial charge in [0.2, 0.25) is 21.1 Å². The van der Waals surface area contributed by atoms with Gasteiger partial charge >= 0.3 is 0 Å². The lowest BCUT2D eigenvalue weighted by atomic mass is 10.3. The normalized spacial score (nSPS) is 12.4. The van der Waals surface area contributed by atoms with Crippen molar-refractivity contribution in [3.63, 3.8) is 0 Å². The van der Waals surface area contributed by atoms with Crippen molar-refractivity contribution >= 4 is 39.0 Å². The standard InChI is InChI=1S/C15H20N6O2S2/c1-10-9-11(2)21(19-10)14(16)18-15(24)17-12-5-7-13(8-6-12)25(22,23)20(3)4/h5-9H,1-4H3,(H3,16,17,18,24). The number of hydrogen-bond donors (Lipinski definition) is 2. The van der Waals surface area contributed by atoms with Gasteiger partial charge in [-0.1, -0.05) is 0 Å². The summed E-state index contributed by atoms with van der Waals surface area (Å²) >= 11 is 5.16. The largest absolute Gasteiger partial charge is 0.368 e. The van der Waals surface area contributed by atoms with Crippen LogP contribution in [0.1, 0.15) is 11.4 Å². The third-order valence-corrected chi connectivity index (χ3v) is 5.35. The maximum absolute atomic E-state index is 12.0. The molecule has 0 unspecified atom stereocenters. The summed E-state index contributed by atoms with van der Waals surface area (Å²) in [5.74, 6) is 0.148. The van der Waals surface area contributed by atoms with Crippen LogP contribution in [0, 0.1) is 13.8 Å². The molecular formula is C15H20N6O2S2. The molecule has 1 aromatic heterocycles. The Hall–Kier alpha value is -2.30. The molecule has 0 aliphatic rings. The fourth-order valence-electron chi connectivity index (χ4n) is 2.08. The first-order chi connectivity index (χ1) is 11.6. The van der Waals surface area contributed by atoms with Crippen LogP contribution < -0.4 is 11.1 Å². The summed E-state index contributed by atoms with van der Waals surface area (Å²) in [6, 6.07) is 8.08. The molecule has 134 valence electrons. The van der Waals surface area contributed by atoms with E-state index in [1.807, 2.05) is 19.9 Å². The van der Waals surface area contributed by atoms with Gasteiger partial charge in [0, 0.05) is 25.5 Å². The van der Waals surface area contributed by atoms with Crippen LogP contribution in [0.25, 0.3) is 0 Å². The van der Waals surface area contributed by atoms with E-state index < -0.39 is 10.0 Å². The lowest BCUT2D eigenvalue weighted by molar-refractivity contribution is 0.521. The van der Waals surface area contributed by atoms with E-state index in [9.17, 15) is 8.42 Å². The van der Waals surface area contributed by atoms with Crippen molar-refractivity contribution in [2.45, 2.75) is 18.7 Å². The van der Waals surface area contributed by atoms with Gasteiger partial charge in [-0.05, 0) is 56.4 Å².